The standard InChI is InChI=1S/C18H18F2N2O5S/c19-13-1-4-15(5-2-13)27-12-18(23)21-14-3-6-16(20)17(11-14)28(24,25)22-7-9-26-10-8-22/h1-6,11H,7-10,12H2,(H,21,23). The van der Waals surface area contributed by atoms with Gasteiger partial charge in [-0.2, -0.15) is 4.31 Å². The monoisotopic (exact) mass is 412 g/mol. The zero-order valence-corrected chi connectivity index (χ0v) is 15.5. The largest absolute Gasteiger partial charge is 0.484 e. The predicted molar refractivity (Wildman–Crippen MR) is 96.5 cm³/mol. The van der Waals surface area contributed by atoms with Gasteiger partial charge in [0.05, 0.1) is 13.2 Å². The highest BCUT2D eigenvalue weighted by Crippen LogP contribution is 2.24. The topological polar surface area (TPSA) is 84.9 Å². The second kappa shape index (κ2) is 8.63. The minimum atomic E-state index is -4.05. The number of amides is 1. The van der Waals surface area contributed by atoms with E-state index in [1.807, 2.05) is 0 Å². The Morgan fingerprint density at radius 3 is 2.46 bits per heavy atom. The first kappa shape index (κ1) is 20.2. The number of carbonyl (C=O) groups excluding carboxylic acids is 1. The van der Waals surface area contributed by atoms with Gasteiger partial charge in [0.1, 0.15) is 22.3 Å². The number of anilines is 1. The lowest BCUT2D eigenvalue weighted by molar-refractivity contribution is -0.118. The first-order chi connectivity index (χ1) is 13.4. The molecule has 0 aromatic heterocycles. The third-order valence-electron chi connectivity index (χ3n) is 3.99. The molecule has 3 rings (SSSR count). The Morgan fingerprint density at radius 2 is 1.79 bits per heavy atom. The molecule has 1 fully saturated rings. The van der Waals surface area contributed by atoms with E-state index in [1.54, 1.807) is 0 Å². The maximum atomic E-state index is 14.2. The van der Waals surface area contributed by atoms with Crippen LogP contribution < -0.4 is 10.1 Å². The Morgan fingerprint density at radius 1 is 1.11 bits per heavy atom. The zero-order chi connectivity index (χ0) is 20.1. The molecule has 1 aliphatic heterocycles. The summed E-state index contributed by atoms with van der Waals surface area (Å²) < 4.78 is 63.8. The summed E-state index contributed by atoms with van der Waals surface area (Å²) in [6.07, 6.45) is 0. The van der Waals surface area contributed by atoms with Gasteiger partial charge in [-0.15, -0.1) is 0 Å². The molecule has 10 heteroatoms. The van der Waals surface area contributed by atoms with Crippen LogP contribution in [0, 0.1) is 11.6 Å². The van der Waals surface area contributed by atoms with Gasteiger partial charge in [-0.3, -0.25) is 4.79 Å². The molecule has 2 aromatic rings. The van der Waals surface area contributed by atoms with Gasteiger partial charge in [-0.25, -0.2) is 17.2 Å². The third-order valence-corrected chi connectivity index (χ3v) is 5.90. The third kappa shape index (κ3) is 4.83. The number of halogens is 2. The number of carbonyl (C=O) groups is 1. The average Bonchev–Trinajstić information content (AvgIpc) is 2.69. The van der Waals surface area contributed by atoms with Gasteiger partial charge in [0.15, 0.2) is 6.61 Å². The van der Waals surface area contributed by atoms with Crippen molar-refractivity contribution in [2.75, 3.05) is 38.2 Å². The van der Waals surface area contributed by atoms with Crippen LogP contribution in [-0.2, 0) is 19.6 Å². The quantitative estimate of drug-likeness (QED) is 0.785. The number of ether oxygens (including phenoxy) is 2. The lowest BCUT2D eigenvalue weighted by Gasteiger charge is -2.26. The Balaban J connectivity index is 1.68. The van der Waals surface area contributed by atoms with Gasteiger partial charge < -0.3 is 14.8 Å². The molecule has 1 saturated heterocycles. The molecule has 150 valence electrons. The number of sulfonamides is 1. The van der Waals surface area contributed by atoms with Crippen molar-refractivity contribution >= 4 is 21.6 Å². The van der Waals surface area contributed by atoms with E-state index in [2.05, 4.69) is 5.32 Å². The first-order valence-electron chi connectivity index (χ1n) is 8.42. The van der Waals surface area contributed by atoms with Crippen molar-refractivity contribution in [1.29, 1.82) is 0 Å². The maximum Gasteiger partial charge on any atom is 0.262 e. The number of morpholine rings is 1. The van der Waals surface area contributed by atoms with Crippen LogP contribution in [0.15, 0.2) is 47.4 Å². The van der Waals surface area contributed by atoms with Crippen molar-refractivity contribution in [1.82, 2.24) is 4.31 Å². The zero-order valence-electron chi connectivity index (χ0n) is 14.7. The summed E-state index contributed by atoms with van der Waals surface area (Å²) in [7, 11) is -4.05. The van der Waals surface area contributed by atoms with Gasteiger partial charge in [-0.1, -0.05) is 0 Å². The number of hydrogen-bond donors (Lipinski definition) is 1. The van der Waals surface area contributed by atoms with E-state index < -0.39 is 32.5 Å². The van der Waals surface area contributed by atoms with E-state index in [-0.39, 0.29) is 38.6 Å². The van der Waals surface area contributed by atoms with Gasteiger partial charge in [0.2, 0.25) is 10.0 Å². The summed E-state index contributed by atoms with van der Waals surface area (Å²) in [4.78, 5) is 11.5. The second-order valence-corrected chi connectivity index (χ2v) is 7.86. The fraction of sp³-hybridized carbons (Fsp3) is 0.278. The van der Waals surface area contributed by atoms with Gasteiger partial charge in [-0.05, 0) is 42.5 Å². The van der Waals surface area contributed by atoms with Crippen LogP contribution in [0.1, 0.15) is 0 Å². The summed E-state index contributed by atoms with van der Waals surface area (Å²) in [6.45, 7) is 0.346. The molecular formula is C18H18F2N2O5S. The first-order valence-corrected chi connectivity index (χ1v) is 9.86. The number of benzene rings is 2. The van der Waals surface area contributed by atoms with E-state index in [1.165, 1.54) is 30.3 Å². The summed E-state index contributed by atoms with van der Waals surface area (Å²) in [5.41, 5.74) is 0.112. The summed E-state index contributed by atoms with van der Waals surface area (Å²) >= 11 is 0. The predicted octanol–water partition coefficient (Wildman–Crippen LogP) is 2.00. The Hall–Kier alpha value is -2.56. The van der Waals surface area contributed by atoms with Crippen LogP contribution in [0.2, 0.25) is 0 Å². The number of nitrogens with one attached hydrogen (secondary N) is 1. The average molecular weight is 412 g/mol. The molecule has 0 radical (unpaired) electrons. The Bertz CT molecular complexity index is 945. The van der Waals surface area contributed by atoms with Crippen molar-refractivity contribution < 1.29 is 31.5 Å². The van der Waals surface area contributed by atoms with Gasteiger partial charge in [0, 0.05) is 18.8 Å². The highest BCUT2D eigenvalue weighted by Gasteiger charge is 2.29. The van der Waals surface area contributed by atoms with Crippen molar-refractivity contribution in [3.05, 3.63) is 54.1 Å². The van der Waals surface area contributed by atoms with E-state index in [0.717, 1.165) is 16.4 Å². The second-order valence-electron chi connectivity index (χ2n) is 5.95. The molecule has 0 saturated carbocycles. The minimum Gasteiger partial charge on any atom is -0.484 e. The van der Waals surface area contributed by atoms with Crippen LogP contribution in [0.5, 0.6) is 5.75 Å². The Labute approximate surface area is 160 Å². The molecule has 1 N–H and O–H groups in total. The fourth-order valence-electron chi connectivity index (χ4n) is 2.58. The molecule has 0 aliphatic carbocycles. The van der Waals surface area contributed by atoms with Crippen molar-refractivity contribution in [2.45, 2.75) is 4.90 Å². The molecule has 0 unspecified atom stereocenters. The van der Waals surface area contributed by atoms with E-state index in [4.69, 9.17) is 9.47 Å². The molecule has 2 aromatic carbocycles. The van der Waals surface area contributed by atoms with Crippen LogP contribution in [0.25, 0.3) is 0 Å². The molecule has 28 heavy (non-hydrogen) atoms. The summed E-state index contributed by atoms with van der Waals surface area (Å²) in [5.74, 6) is -1.62. The van der Waals surface area contributed by atoms with Gasteiger partial charge in [0.25, 0.3) is 5.91 Å². The molecule has 1 heterocycles. The molecule has 0 bridgehead atoms. The summed E-state index contributed by atoms with van der Waals surface area (Å²) in [6, 6.07) is 8.41. The number of hydrogen-bond acceptors (Lipinski definition) is 5. The Kier molecular flexibility index (Phi) is 6.22. The van der Waals surface area contributed by atoms with E-state index in [9.17, 15) is 22.0 Å². The van der Waals surface area contributed by atoms with Gasteiger partial charge >= 0.3 is 0 Å². The lowest BCUT2D eigenvalue weighted by Crippen LogP contribution is -2.40. The molecule has 1 aliphatic rings. The molecule has 0 spiro atoms. The van der Waals surface area contributed by atoms with Crippen LogP contribution in [-0.4, -0.2) is 51.5 Å². The number of rotatable bonds is 6. The minimum absolute atomic E-state index is 0.112. The molecule has 7 nitrogen and oxygen atoms in total. The smallest absolute Gasteiger partial charge is 0.262 e. The molecule has 1 amide bonds. The van der Waals surface area contributed by atoms with Crippen molar-refractivity contribution in [3.63, 3.8) is 0 Å². The van der Waals surface area contributed by atoms with Crippen molar-refractivity contribution in [2.24, 2.45) is 0 Å². The highest BCUT2D eigenvalue weighted by molar-refractivity contribution is 7.89. The van der Waals surface area contributed by atoms with E-state index >= 15 is 0 Å². The highest BCUT2D eigenvalue weighted by atomic mass is 32.2. The molecular weight excluding hydrogens is 394 g/mol. The van der Waals surface area contributed by atoms with Crippen LogP contribution in [0.3, 0.4) is 0 Å². The summed E-state index contributed by atoms with van der Waals surface area (Å²) in [5, 5.41) is 2.45. The van der Waals surface area contributed by atoms with Crippen LogP contribution in [0.4, 0.5) is 14.5 Å². The maximum absolute atomic E-state index is 14.2. The fourth-order valence-corrected chi connectivity index (χ4v) is 4.08. The van der Waals surface area contributed by atoms with Crippen LogP contribution >= 0.6 is 0 Å². The lowest BCUT2D eigenvalue weighted by atomic mass is 10.3. The van der Waals surface area contributed by atoms with E-state index in [0.29, 0.717) is 5.75 Å². The SMILES string of the molecule is O=C(COc1ccc(F)cc1)Nc1ccc(F)c(S(=O)(=O)N2CCOCC2)c1. The van der Waals surface area contributed by atoms with Crippen molar-refractivity contribution in [3.8, 4) is 5.75 Å². The number of nitrogens with zero attached hydrogens (tertiary/aromatic N) is 1. The normalized spacial score (nSPS) is 15.2. The molecule has 0 atom stereocenters.